The average Bonchev–Trinajstić information content (AvgIpc) is 3.14. The second-order valence-electron chi connectivity index (χ2n) is 9.70. The molecule has 3 fully saturated rings. The van der Waals surface area contributed by atoms with Gasteiger partial charge in [0.1, 0.15) is 12.2 Å². The van der Waals surface area contributed by atoms with Crippen LogP contribution in [0, 0.1) is 22.7 Å². The number of nitrogens with one attached hydrogen (secondary N) is 1. The highest BCUT2D eigenvalue weighted by Gasteiger charge is 2.51. The number of hydrogen-bond acceptors (Lipinski definition) is 5. The minimum absolute atomic E-state index is 0.00556. The molecular weight excluding hydrogens is 359 g/mol. The van der Waals surface area contributed by atoms with Gasteiger partial charge in [0.25, 0.3) is 0 Å². The summed E-state index contributed by atoms with van der Waals surface area (Å²) in [5, 5.41) is 22.4. The smallest absolute Gasteiger partial charge is 0.237 e. The van der Waals surface area contributed by atoms with Crippen molar-refractivity contribution in [2.45, 2.75) is 76.7 Å². The lowest BCUT2D eigenvalue weighted by Crippen LogP contribution is -2.56. The van der Waals surface area contributed by atoms with Gasteiger partial charge in [-0.3, -0.25) is 4.79 Å². The first-order valence-corrected chi connectivity index (χ1v) is 10.6. The SMILES string of the molecule is CC1(C)[C@@H](CN2CCC(O)CC2)CC[C@@]1(C)NCC(=O)N1C[C@@H](F)C[C@H]1C#N. The standard InChI is InChI=1S/C21H35FN4O2/c1-20(2)15(13-25-8-5-18(27)6-9-25)4-7-21(20,3)24-12-19(28)26-14-16(22)10-17(26)11-23/h15-18,24,27H,4-10,12-14H2,1-3H3/t15-,16+,17+,21-/m1/s1. The van der Waals surface area contributed by atoms with Crippen LogP contribution in [0.1, 0.15) is 52.9 Å². The summed E-state index contributed by atoms with van der Waals surface area (Å²) < 4.78 is 13.6. The molecule has 1 aliphatic carbocycles. The fraction of sp³-hybridized carbons (Fsp3) is 0.905. The molecule has 2 aliphatic heterocycles. The second kappa shape index (κ2) is 8.25. The van der Waals surface area contributed by atoms with E-state index in [4.69, 9.17) is 0 Å². The number of piperidine rings is 1. The van der Waals surface area contributed by atoms with Gasteiger partial charge in [0.05, 0.1) is 25.3 Å². The summed E-state index contributed by atoms with van der Waals surface area (Å²) in [5.41, 5.74) is -0.175. The Hall–Kier alpha value is -1.23. The third kappa shape index (κ3) is 4.19. The largest absolute Gasteiger partial charge is 0.393 e. The van der Waals surface area contributed by atoms with E-state index in [1.54, 1.807) is 0 Å². The second-order valence-corrected chi connectivity index (χ2v) is 9.70. The van der Waals surface area contributed by atoms with Crippen molar-refractivity contribution in [1.29, 1.82) is 5.26 Å². The van der Waals surface area contributed by atoms with Crippen molar-refractivity contribution in [3.8, 4) is 6.07 Å². The number of halogens is 1. The van der Waals surface area contributed by atoms with Crippen molar-refractivity contribution in [3.63, 3.8) is 0 Å². The van der Waals surface area contributed by atoms with Gasteiger partial charge in [0.2, 0.25) is 5.91 Å². The molecule has 3 aliphatic rings. The van der Waals surface area contributed by atoms with Crippen LogP contribution >= 0.6 is 0 Å². The van der Waals surface area contributed by atoms with E-state index in [1.165, 1.54) is 4.90 Å². The van der Waals surface area contributed by atoms with Crippen LogP contribution in [-0.2, 0) is 4.79 Å². The van der Waals surface area contributed by atoms with Crippen LogP contribution in [0.3, 0.4) is 0 Å². The molecule has 0 aromatic carbocycles. The van der Waals surface area contributed by atoms with E-state index < -0.39 is 12.2 Å². The van der Waals surface area contributed by atoms with Gasteiger partial charge >= 0.3 is 0 Å². The highest BCUT2D eigenvalue weighted by atomic mass is 19.1. The number of amides is 1. The van der Waals surface area contributed by atoms with E-state index in [0.717, 1.165) is 45.3 Å². The van der Waals surface area contributed by atoms with Crippen molar-refractivity contribution in [2.75, 3.05) is 32.7 Å². The molecule has 4 atom stereocenters. The van der Waals surface area contributed by atoms with Crippen LogP contribution in [0.4, 0.5) is 4.39 Å². The third-order valence-corrected chi connectivity index (χ3v) is 7.82. The summed E-state index contributed by atoms with van der Waals surface area (Å²) in [4.78, 5) is 16.5. The number of rotatable bonds is 5. The highest BCUT2D eigenvalue weighted by molar-refractivity contribution is 5.79. The zero-order valence-electron chi connectivity index (χ0n) is 17.5. The summed E-state index contributed by atoms with van der Waals surface area (Å²) >= 11 is 0. The fourth-order valence-corrected chi connectivity index (χ4v) is 5.20. The van der Waals surface area contributed by atoms with Gasteiger partial charge in [-0.2, -0.15) is 5.26 Å². The number of aliphatic hydroxyl groups excluding tert-OH is 1. The Morgan fingerprint density at radius 2 is 1.96 bits per heavy atom. The number of nitriles is 1. The number of carbonyl (C=O) groups excluding carboxylic acids is 1. The molecule has 0 spiro atoms. The van der Waals surface area contributed by atoms with Crippen molar-refractivity contribution in [1.82, 2.24) is 15.1 Å². The van der Waals surface area contributed by atoms with Crippen LogP contribution in [0.25, 0.3) is 0 Å². The first-order chi connectivity index (χ1) is 13.2. The lowest BCUT2D eigenvalue weighted by molar-refractivity contribution is -0.131. The summed E-state index contributed by atoms with van der Waals surface area (Å²) in [7, 11) is 0. The zero-order chi connectivity index (χ0) is 20.5. The number of carbonyl (C=O) groups is 1. The van der Waals surface area contributed by atoms with Crippen molar-refractivity contribution in [3.05, 3.63) is 0 Å². The molecule has 3 rings (SSSR count). The van der Waals surface area contributed by atoms with E-state index in [1.807, 2.05) is 6.07 Å². The van der Waals surface area contributed by atoms with Gasteiger partial charge in [0, 0.05) is 31.6 Å². The summed E-state index contributed by atoms with van der Waals surface area (Å²) in [6.07, 6.45) is 2.66. The molecule has 158 valence electrons. The van der Waals surface area contributed by atoms with Crippen LogP contribution in [0.2, 0.25) is 0 Å². The highest BCUT2D eigenvalue weighted by Crippen LogP contribution is 2.50. The fourth-order valence-electron chi connectivity index (χ4n) is 5.20. The lowest BCUT2D eigenvalue weighted by Gasteiger charge is -2.44. The molecule has 0 unspecified atom stereocenters. The normalized spacial score (nSPS) is 36.6. The molecule has 2 N–H and O–H groups in total. The topological polar surface area (TPSA) is 79.6 Å². The Morgan fingerprint density at radius 3 is 2.61 bits per heavy atom. The minimum atomic E-state index is -1.10. The van der Waals surface area contributed by atoms with Crippen LogP contribution in [0.5, 0.6) is 0 Å². The number of likely N-dealkylation sites (tertiary alicyclic amines) is 2. The maximum atomic E-state index is 13.6. The third-order valence-electron chi connectivity index (χ3n) is 7.82. The molecule has 2 saturated heterocycles. The maximum Gasteiger partial charge on any atom is 0.237 e. The molecule has 0 bridgehead atoms. The Morgan fingerprint density at radius 1 is 1.29 bits per heavy atom. The van der Waals surface area contributed by atoms with Crippen molar-refractivity contribution < 1.29 is 14.3 Å². The quantitative estimate of drug-likeness (QED) is 0.742. The monoisotopic (exact) mass is 394 g/mol. The molecule has 0 radical (unpaired) electrons. The molecular formula is C21H35FN4O2. The van der Waals surface area contributed by atoms with Gasteiger partial charge in [-0.25, -0.2) is 4.39 Å². The number of hydrogen-bond donors (Lipinski definition) is 2. The Kier molecular flexibility index (Phi) is 6.33. The molecule has 6 nitrogen and oxygen atoms in total. The van der Waals surface area contributed by atoms with E-state index in [9.17, 15) is 19.6 Å². The lowest BCUT2D eigenvalue weighted by atomic mass is 9.71. The Balaban J connectivity index is 1.56. The first kappa shape index (κ1) is 21.5. The van der Waals surface area contributed by atoms with Gasteiger partial charge < -0.3 is 20.2 Å². The predicted molar refractivity (Wildman–Crippen MR) is 105 cm³/mol. The molecule has 0 aromatic rings. The molecule has 7 heteroatoms. The molecule has 28 heavy (non-hydrogen) atoms. The van der Waals surface area contributed by atoms with Gasteiger partial charge in [-0.05, 0) is 43.9 Å². The first-order valence-electron chi connectivity index (χ1n) is 10.6. The van der Waals surface area contributed by atoms with E-state index in [2.05, 4.69) is 31.0 Å². The van der Waals surface area contributed by atoms with E-state index in [-0.39, 0.29) is 42.5 Å². The average molecular weight is 395 g/mol. The van der Waals surface area contributed by atoms with Crippen molar-refractivity contribution >= 4 is 5.91 Å². The number of alkyl halides is 1. The van der Waals surface area contributed by atoms with Crippen LogP contribution in [-0.4, -0.2) is 77.4 Å². The minimum Gasteiger partial charge on any atom is -0.393 e. The van der Waals surface area contributed by atoms with Crippen LogP contribution < -0.4 is 5.32 Å². The molecule has 2 heterocycles. The van der Waals surface area contributed by atoms with E-state index in [0.29, 0.717) is 5.92 Å². The van der Waals surface area contributed by atoms with Gasteiger partial charge in [-0.15, -0.1) is 0 Å². The van der Waals surface area contributed by atoms with Gasteiger partial charge in [-0.1, -0.05) is 13.8 Å². The molecule has 1 amide bonds. The van der Waals surface area contributed by atoms with Crippen LogP contribution in [0.15, 0.2) is 0 Å². The Labute approximate surface area is 168 Å². The van der Waals surface area contributed by atoms with Gasteiger partial charge in [0.15, 0.2) is 0 Å². The molecule has 0 aromatic heterocycles. The number of aliphatic hydroxyl groups is 1. The summed E-state index contributed by atoms with van der Waals surface area (Å²) in [5.74, 6) is 0.335. The Bertz CT molecular complexity index is 614. The number of nitrogens with zero attached hydrogens (tertiary/aromatic N) is 3. The maximum absolute atomic E-state index is 13.6. The van der Waals surface area contributed by atoms with E-state index >= 15 is 0 Å². The predicted octanol–water partition coefficient (Wildman–Crippen LogP) is 1.69. The molecule has 1 saturated carbocycles. The zero-order valence-corrected chi connectivity index (χ0v) is 17.5. The summed E-state index contributed by atoms with van der Waals surface area (Å²) in [6.45, 7) is 9.83. The van der Waals surface area contributed by atoms with Crippen molar-refractivity contribution in [2.24, 2.45) is 11.3 Å². The summed E-state index contributed by atoms with van der Waals surface area (Å²) in [6, 6.07) is 1.41.